The largest absolute Gasteiger partial charge is 0.455 e. The summed E-state index contributed by atoms with van der Waals surface area (Å²) in [5.74, 6) is -0.759. The number of allylic oxidation sites excluding steroid dienone is 3. The van der Waals surface area contributed by atoms with Crippen molar-refractivity contribution in [2.75, 3.05) is 6.54 Å². The molecule has 0 radical (unpaired) electrons. The number of aliphatic hydroxyl groups excluding tert-OH is 2. The summed E-state index contributed by atoms with van der Waals surface area (Å²) in [5, 5.41) is 21.6. The zero-order chi connectivity index (χ0) is 30.2. The van der Waals surface area contributed by atoms with Crippen molar-refractivity contribution in [3.05, 3.63) is 23.8 Å². The summed E-state index contributed by atoms with van der Waals surface area (Å²) in [7, 11) is 0. The third kappa shape index (κ3) is 9.23. The molecule has 0 aliphatic carbocycles. The standard InChI is InChI=1S/C33H53NO7/c1-6-25(35)20-29(36)33(5)21-24(4)28-18-17-26(40-28)14-11-13-23(3)31(38)22(2)12-7-8-16-30(37)34-19-10-9-15-27(34)32(39)41-33/h8,13,16,22,24-29,35-36H,6-7,9-12,14-15,17-21H2,1-5H3/b16-8+,23-13-/t22?,24?,25?,26?,27-,28?,29?,33?/m0/s1. The van der Waals surface area contributed by atoms with Gasteiger partial charge in [0.1, 0.15) is 11.6 Å². The molecule has 2 bridgehead atoms. The minimum Gasteiger partial charge on any atom is -0.455 e. The Morgan fingerprint density at radius 3 is 2.54 bits per heavy atom. The average molecular weight is 576 g/mol. The van der Waals surface area contributed by atoms with Crippen LogP contribution in [0.5, 0.6) is 0 Å². The van der Waals surface area contributed by atoms with Gasteiger partial charge in [-0.25, -0.2) is 4.79 Å². The van der Waals surface area contributed by atoms with Gasteiger partial charge in [-0.2, -0.15) is 0 Å². The fraction of sp³-hybridized carbons (Fsp3) is 0.788. The van der Waals surface area contributed by atoms with Crippen LogP contribution < -0.4 is 0 Å². The van der Waals surface area contributed by atoms with Crippen molar-refractivity contribution in [1.29, 1.82) is 0 Å². The molecule has 0 spiro atoms. The number of cyclic esters (lactones) is 1. The predicted molar refractivity (Wildman–Crippen MR) is 158 cm³/mol. The van der Waals surface area contributed by atoms with Gasteiger partial charge >= 0.3 is 5.97 Å². The highest BCUT2D eigenvalue weighted by Crippen LogP contribution is 2.36. The van der Waals surface area contributed by atoms with Crippen LogP contribution in [-0.2, 0) is 23.9 Å². The molecule has 0 aromatic carbocycles. The van der Waals surface area contributed by atoms with E-state index in [9.17, 15) is 24.6 Å². The van der Waals surface area contributed by atoms with Crippen LogP contribution in [0.15, 0.2) is 23.8 Å². The van der Waals surface area contributed by atoms with Gasteiger partial charge < -0.3 is 24.6 Å². The first-order valence-electron chi connectivity index (χ1n) is 15.9. The first-order chi connectivity index (χ1) is 19.4. The van der Waals surface area contributed by atoms with Gasteiger partial charge in [-0.15, -0.1) is 0 Å². The van der Waals surface area contributed by atoms with Crippen LogP contribution in [0.1, 0.15) is 112 Å². The molecule has 3 aliphatic heterocycles. The number of rotatable bonds is 4. The van der Waals surface area contributed by atoms with Crippen LogP contribution in [0.25, 0.3) is 0 Å². The lowest BCUT2D eigenvalue weighted by Gasteiger charge is -2.41. The maximum atomic E-state index is 13.7. The van der Waals surface area contributed by atoms with Crippen LogP contribution >= 0.6 is 0 Å². The van der Waals surface area contributed by atoms with Gasteiger partial charge in [0, 0.05) is 18.9 Å². The number of hydrogen-bond donors (Lipinski definition) is 2. The Bertz CT molecular complexity index is 961. The number of carbonyl (C=O) groups excluding carboxylic acids is 3. The van der Waals surface area contributed by atoms with Crippen LogP contribution in [0.4, 0.5) is 0 Å². The van der Waals surface area contributed by atoms with E-state index in [2.05, 4.69) is 6.92 Å². The van der Waals surface area contributed by atoms with E-state index in [1.54, 1.807) is 17.9 Å². The molecule has 0 aromatic rings. The molecular formula is C33H53NO7. The van der Waals surface area contributed by atoms with Crippen molar-refractivity contribution in [2.45, 2.75) is 148 Å². The lowest BCUT2D eigenvalue weighted by Crippen LogP contribution is -2.53. The summed E-state index contributed by atoms with van der Waals surface area (Å²) in [5.41, 5.74) is -0.470. The highest BCUT2D eigenvalue weighted by molar-refractivity contribution is 5.96. The number of Topliss-reactive ketones (excluding diaryl/α,β-unsaturated/α-hetero) is 1. The smallest absolute Gasteiger partial charge is 0.329 e. The number of hydrogen-bond acceptors (Lipinski definition) is 7. The molecule has 41 heavy (non-hydrogen) atoms. The van der Waals surface area contributed by atoms with Gasteiger partial charge in [-0.05, 0) is 102 Å². The van der Waals surface area contributed by atoms with E-state index in [0.717, 1.165) is 44.1 Å². The highest BCUT2D eigenvalue weighted by Gasteiger charge is 2.44. The summed E-state index contributed by atoms with van der Waals surface area (Å²) in [4.78, 5) is 41.3. The van der Waals surface area contributed by atoms with Gasteiger partial charge in [0.2, 0.25) is 5.91 Å². The molecule has 0 saturated carbocycles. The Balaban J connectivity index is 1.88. The Hall–Kier alpha value is -2.03. The topological polar surface area (TPSA) is 113 Å². The summed E-state index contributed by atoms with van der Waals surface area (Å²) < 4.78 is 12.6. The first kappa shape index (κ1) is 33.5. The average Bonchev–Trinajstić information content (AvgIpc) is 3.43. The van der Waals surface area contributed by atoms with Crippen molar-refractivity contribution in [3.8, 4) is 0 Å². The summed E-state index contributed by atoms with van der Waals surface area (Å²) in [6, 6.07) is -0.728. The number of aliphatic hydroxyl groups is 2. The molecule has 232 valence electrons. The molecule has 3 heterocycles. The second-order valence-corrected chi connectivity index (χ2v) is 12.9. The molecule has 3 aliphatic rings. The van der Waals surface area contributed by atoms with E-state index in [0.29, 0.717) is 38.6 Å². The Morgan fingerprint density at radius 1 is 1.05 bits per heavy atom. The molecule has 2 N–H and O–H groups in total. The Labute approximate surface area is 246 Å². The monoisotopic (exact) mass is 575 g/mol. The third-order valence-corrected chi connectivity index (χ3v) is 9.37. The number of carbonyl (C=O) groups is 3. The number of piperidine rings is 1. The van der Waals surface area contributed by atoms with Crippen LogP contribution in [0.2, 0.25) is 0 Å². The molecule has 0 aromatic heterocycles. The van der Waals surface area contributed by atoms with Gasteiger partial charge in [-0.1, -0.05) is 32.9 Å². The van der Waals surface area contributed by atoms with E-state index in [-0.39, 0.29) is 42.2 Å². The molecule has 2 saturated heterocycles. The van der Waals surface area contributed by atoms with Gasteiger partial charge in [0.15, 0.2) is 5.78 Å². The van der Waals surface area contributed by atoms with Crippen molar-refractivity contribution < 1.29 is 34.1 Å². The molecule has 1 amide bonds. The molecule has 3 rings (SSSR count). The summed E-state index contributed by atoms with van der Waals surface area (Å²) in [6.45, 7) is 9.92. The van der Waals surface area contributed by atoms with Crippen LogP contribution in [0, 0.1) is 11.8 Å². The van der Waals surface area contributed by atoms with E-state index >= 15 is 0 Å². The van der Waals surface area contributed by atoms with E-state index in [4.69, 9.17) is 9.47 Å². The second kappa shape index (κ2) is 15.4. The number of ketones is 1. The van der Waals surface area contributed by atoms with Crippen molar-refractivity contribution in [2.24, 2.45) is 11.8 Å². The SMILES string of the molecule is CCC(O)CC(O)C1(C)CC(C)C2CCC(CC/C=C(/C)C(=O)C(C)CC/C=C/C(=O)N3CCCC[C@H]3C(=O)O1)O2. The van der Waals surface area contributed by atoms with Crippen molar-refractivity contribution in [3.63, 3.8) is 0 Å². The minimum absolute atomic E-state index is 0.00735. The van der Waals surface area contributed by atoms with Crippen molar-refractivity contribution in [1.82, 2.24) is 4.90 Å². The number of nitrogens with zero attached hydrogens (tertiary/aromatic N) is 1. The Morgan fingerprint density at radius 2 is 1.80 bits per heavy atom. The predicted octanol–water partition coefficient (Wildman–Crippen LogP) is 5.05. The van der Waals surface area contributed by atoms with Gasteiger partial charge in [0.25, 0.3) is 0 Å². The highest BCUT2D eigenvalue weighted by atomic mass is 16.6. The molecular weight excluding hydrogens is 522 g/mol. The molecule has 2 fully saturated rings. The molecule has 7 unspecified atom stereocenters. The molecule has 8 heteroatoms. The normalized spacial score (nSPS) is 36.8. The maximum Gasteiger partial charge on any atom is 0.329 e. The summed E-state index contributed by atoms with van der Waals surface area (Å²) >= 11 is 0. The van der Waals surface area contributed by atoms with Gasteiger partial charge in [0.05, 0.1) is 24.4 Å². The third-order valence-electron chi connectivity index (χ3n) is 9.37. The lowest BCUT2D eigenvalue weighted by molar-refractivity contribution is -0.186. The fourth-order valence-corrected chi connectivity index (χ4v) is 6.53. The van der Waals surface area contributed by atoms with Crippen LogP contribution in [-0.4, -0.2) is 75.4 Å². The fourth-order valence-electron chi connectivity index (χ4n) is 6.53. The molecule has 8 nitrogen and oxygen atoms in total. The van der Waals surface area contributed by atoms with Crippen LogP contribution in [0.3, 0.4) is 0 Å². The number of ether oxygens (including phenoxy) is 2. The summed E-state index contributed by atoms with van der Waals surface area (Å²) in [6.07, 6.45) is 11.3. The van der Waals surface area contributed by atoms with Crippen molar-refractivity contribution >= 4 is 17.7 Å². The number of fused-ring (bicyclic) bond motifs is 3. The maximum absolute atomic E-state index is 13.7. The zero-order valence-corrected chi connectivity index (χ0v) is 25.8. The van der Waals surface area contributed by atoms with E-state index in [1.807, 2.05) is 26.8 Å². The quantitative estimate of drug-likeness (QED) is 0.451. The first-order valence-corrected chi connectivity index (χ1v) is 15.9. The zero-order valence-electron chi connectivity index (χ0n) is 25.8. The van der Waals surface area contributed by atoms with E-state index < -0.39 is 29.8 Å². The minimum atomic E-state index is -1.24. The number of amides is 1. The number of esters is 1. The molecule has 8 atom stereocenters. The second-order valence-electron chi connectivity index (χ2n) is 12.9. The lowest BCUT2D eigenvalue weighted by atomic mass is 9.82. The van der Waals surface area contributed by atoms with Gasteiger partial charge in [-0.3, -0.25) is 9.59 Å². The Kier molecular flexibility index (Phi) is 12.6. The van der Waals surface area contributed by atoms with E-state index in [1.165, 1.54) is 6.08 Å².